The third-order valence-corrected chi connectivity index (χ3v) is 5.74. The van der Waals surface area contributed by atoms with E-state index in [0.29, 0.717) is 6.61 Å². The van der Waals surface area contributed by atoms with Crippen LogP contribution in [-0.4, -0.2) is 26.1 Å². The van der Waals surface area contributed by atoms with E-state index in [0.717, 1.165) is 60.2 Å². The average molecular weight is 488 g/mol. The van der Waals surface area contributed by atoms with E-state index >= 15 is 0 Å². The number of hydrogen-bond acceptors (Lipinski definition) is 4. The first kappa shape index (κ1) is 23.6. The Kier molecular flexibility index (Phi) is 10.2. The van der Waals surface area contributed by atoms with Crippen molar-refractivity contribution in [3.63, 3.8) is 0 Å². The van der Waals surface area contributed by atoms with Crippen LogP contribution in [0.15, 0.2) is 58.1 Å². The summed E-state index contributed by atoms with van der Waals surface area (Å²) in [5.41, 5.74) is 10.9. The zero-order chi connectivity index (χ0) is 21.7. The van der Waals surface area contributed by atoms with E-state index in [1.165, 1.54) is 19.3 Å². The molecule has 0 amide bonds. The summed E-state index contributed by atoms with van der Waals surface area (Å²) < 4.78 is 17.8. The highest BCUT2D eigenvalue weighted by Crippen LogP contribution is 2.32. The molecular formula is C24H30BrN3O3. The fourth-order valence-corrected chi connectivity index (χ4v) is 4.21. The van der Waals surface area contributed by atoms with Gasteiger partial charge in [-0.1, -0.05) is 77.1 Å². The van der Waals surface area contributed by atoms with Gasteiger partial charge in [0, 0.05) is 9.38 Å². The van der Waals surface area contributed by atoms with Gasteiger partial charge < -0.3 is 14.2 Å². The number of benzene rings is 2. The lowest BCUT2D eigenvalue weighted by Gasteiger charge is -2.15. The number of unbranched alkanes of at least 4 members (excludes halogenated alkanes) is 5. The summed E-state index contributed by atoms with van der Waals surface area (Å²) in [6.45, 7) is 2.16. The largest absolute Gasteiger partial charge is 0.494 e. The number of rotatable bonds is 13. The Hall–Kier alpha value is -2.05. The van der Waals surface area contributed by atoms with Gasteiger partial charge in [-0.15, -0.1) is 0 Å². The second kappa shape index (κ2) is 13.4. The lowest BCUT2D eigenvalue weighted by Crippen LogP contribution is -2.06. The third kappa shape index (κ3) is 8.19. The molecule has 0 bridgehead atoms. The summed E-state index contributed by atoms with van der Waals surface area (Å²) >= 11 is 3.55. The standard InChI is InChI=1S/C24H30BrN3O3/c25-21-16-20(24(27-28-26)19-10-6-5-7-11-19)17-22(18-21)29-13-9-4-2-1-3-8-12-23-30-14-15-31-23/h5-7,10-11,16-18,23-24H,1-4,8-9,12-15H2. The Balaban J connectivity index is 1.40. The molecule has 1 saturated heterocycles. The van der Waals surface area contributed by atoms with Crippen LogP contribution in [0.25, 0.3) is 10.4 Å². The quantitative estimate of drug-likeness (QED) is 0.128. The van der Waals surface area contributed by atoms with E-state index in [2.05, 4.69) is 26.0 Å². The van der Waals surface area contributed by atoms with Gasteiger partial charge in [-0.25, -0.2) is 0 Å². The van der Waals surface area contributed by atoms with Crippen molar-refractivity contribution in [2.24, 2.45) is 5.11 Å². The highest BCUT2D eigenvalue weighted by atomic mass is 79.9. The molecule has 0 saturated carbocycles. The van der Waals surface area contributed by atoms with E-state index < -0.39 is 0 Å². The molecule has 1 fully saturated rings. The lowest BCUT2D eigenvalue weighted by atomic mass is 9.99. The molecule has 2 aromatic rings. The van der Waals surface area contributed by atoms with Gasteiger partial charge >= 0.3 is 0 Å². The predicted octanol–water partition coefficient (Wildman–Crippen LogP) is 7.33. The van der Waals surface area contributed by atoms with Crippen LogP contribution in [-0.2, 0) is 9.47 Å². The van der Waals surface area contributed by atoms with Crippen LogP contribution in [0.2, 0.25) is 0 Å². The third-order valence-electron chi connectivity index (χ3n) is 5.29. The van der Waals surface area contributed by atoms with Crippen LogP contribution >= 0.6 is 15.9 Å². The van der Waals surface area contributed by atoms with Crippen molar-refractivity contribution >= 4 is 15.9 Å². The molecule has 0 N–H and O–H groups in total. The molecule has 1 aliphatic heterocycles. The molecule has 1 atom stereocenters. The SMILES string of the molecule is [N-]=[N+]=NC(c1ccccc1)c1cc(Br)cc(OCCCCCCCCC2OCCO2)c1. The molecule has 0 spiro atoms. The maximum Gasteiger partial charge on any atom is 0.157 e. The van der Waals surface area contributed by atoms with Gasteiger partial charge in [0.15, 0.2) is 6.29 Å². The fraction of sp³-hybridized carbons (Fsp3) is 0.500. The molecule has 0 radical (unpaired) electrons. The molecule has 0 aromatic heterocycles. The number of nitrogens with zero attached hydrogens (tertiary/aromatic N) is 3. The van der Waals surface area contributed by atoms with Crippen LogP contribution in [0.4, 0.5) is 0 Å². The van der Waals surface area contributed by atoms with Crippen LogP contribution in [0.3, 0.4) is 0 Å². The Morgan fingerprint density at radius 3 is 2.42 bits per heavy atom. The van der Waals surface area contributed by atoms with Crippen LogP contribution in [0.1, 0.15) is 62.1 Å². The van der Waals surface area contributed by atoms with Crippen molar-refractivity contribution in [2.75, 3.05) is 19.8 Å². The molecular weight excluding hydrogens is 458 g/mol. The molecule has 1 heterocycles. The first-order valence-electron chi connectivity index (χ1n) is 11.0. The van der Waals surface area contributed by atoms with E-state index in [1.807, 2.05) is 48.5 Å². The zero-order valence-corrected chi connectivity index (χ0v) is 19.4. The first-order valence-corrected chi connectivity index (χ1v) is 11.8. The van der Waals surface area contributed by atoms with Gasteiger partial charge in [-0.2, -0.15) is 0 Å². The summed E-state index contributed by atoms with van der Waals surface area (Å²) in [4.78, 5) is 3.04. The van der Waals surface area contributed by atoms with Crippen LogP contribution in [0, 0.1) is 0 Å². The maximum atomic E-state index is 9.03. The van der Waals surface area contributed by atoms with E-state index in [1.54, 1.807) is 0 Å². The zero-order valence-electron chi connectivity index (χ0n) is 17.8. The number of ether oxygens (including phenoxy) is 3. The maximum absolute atomic E-state index is 9.03. The van der Waals surface area contributed by atoms with Crippen molar-refractivity contribution in [1.82, 2.24) is 0 Å². The van der Waals surface area contributed by atoms with Crippen LogP contribution in [0.5, 0.6) is 5.75 Å². The minimum atomic E-state index is -0.383. The van der Waals surface area contributed by atoms with Crippen molar-refractivity contribution in [3.8, 4) is 5.75 Å². The minimum absolute atomic E-state index is 0.0313. The van der Waals surface area contributed by atoms with Gasteiger partial charge in [0.1, 0.15) is 5.75 Å². The Morgan fingerprint density at radius 2 is 1.68 bits per heavy atom. The van der Waals surface area contributed by atoms with Gasteiger partial charge in [-0.3, -0.25) is 0 Å². The molecule has 7 heteroatoms. The molecule has 166 valence electrons. The second-order valence-corrected chi connectivity index (χ2v) is 8.58. The molecule has 6 nitrogen and oxygen atoms in total. The Morgan fingerprint density at radius 1 is 0.968 bits per heavy atom. The fourth-order valence-electron chi connectivity index (χ4n) is 3.72. The molecule has 0 aliphatic carbocycles. The van der Waals surface area contributed by atoms with Gasteiger partial charge in [0.2, 0.25) is 0 Å². The Bertz CT molecular complexity index is 837. The molecule has 31 heavy (non-hydrogen) atoms. The summed E-state index contributed by atoms with van der Waals surface area (Å²) in [6.07, 6.45) is 8.05. The Labute approximate surface area is 192 Å². The monoisotopic (exact) mass is 487 g/mol. The van der Waals surface area contributed by atoms with Gasteiger partial charge in [0.05, 0.1) is 25.9 Å². The predicted molar refractivity (Wildman–Crippen MR) is 125 cm³/mol. The van der Waals surface area contributed by atoms with Crippen molar-refractivity contribution in [2.45, 2.75) is 57.3 Å². The van der Waals surface area contributed by atoms with Crippen molar-refractivity contribution in [1.29, 1.82) is 0 Å². The van der Waals surface area contributed by atoms with Crippen molar-refractivity contribution in [3.05, 3.63) is 74.6 Å². The average Bonchev–Trinajstić information content (AvgIpc) is 3.30. The lowest BCUT2D eigenvalue weighted by molar-refractivity contribution is -0.0480. The molecule has 1 aliphatic rings. The van der Waals surface area contributed by atoms with E-state index in [-0.39, 0.29) is 12.3 Å². The summed E-state index contributed by atoms with van der Waals surface area (Å²) in [5, 5.41) is 4.01. The minimum Gasteiger partial charge on any atom is -0.494 e. The molecule has 2 aromatic carbocycles. The summed E-state index contributed by atoms with van der Waals surface area (Å²) in [7, 11) is 0. The molecule has 3 rings (SSSR count). The van der Waals surface area contributed by atoms with Gasteiger partial charge in [0.25, 0.3) is 0 Å². The van der Waals surface area contributed by atoms with E-state index in [9.17, 15) is 0 Å². The van der Waals surface area contributed by atoms with Crippen molar-refractivity contribution < 1.29 is 14.2 Å². The smallest absolute Gasteiger partial charge is 0.157 e. The topological polar surface area (TPSA) is 76.5 Å². The number of azide groups is 1. The number of halogens is 1. The first-order chi connectivity index (χ1) is 15.3. The molecule has 1 unspecified atom stereocenters. The van der Waals surface area contributed by atoms with Crippen LogP contribution < -0.4 is 4.74 Å². The summed E-state index contributed by atoms with van der Waals surface area (Å²) in [5.74, 6) is 0.787. The highest BCUT2D eigenvalue weighted by molar-refractivity contribution is 9.10. The number of hydrogen-bond donors (Lipinski definition) is 0. The second-order valence-electron chi connectivity index (χ2n) is 7.67. The van der Waals surface area contributed by atoms with E-state index in [4.69, 9.17) is 19.7 Å². The normalized spacial score (nSPS) is 14.9. The van der Waals surface area contributed by atoms with Gasteiger partial charge in [-0.05, 0) is 54.1 Å². The highest BCUT2D eigenvalue weighted by Gasteiger charge is 2.15. The summed E-state index contributed by atoms with van der Waals surface area (Å²) in [6, 6.07) is 15.3.